The number of fused-ring (bicyclic) bond motifs is 1. The highest BCUT2D eigenvalue weighted by Gasteiger charge is 2.14. The number of nitrogens with one attached hydrogen (secondary N) is 1. The Morgan fingerprint density at radius 1 is 1.07 bits per heavy atom. The highest BCUT2D eigenvalue weighted by Crippen LogP contribution is 2.22. The van der Waals surface area contributed by atoms with Crippen molar-refractivity contribution in [2.24, 2.45) is 0 Å². The number of hydrogen-bond acceptors (Lipinski definition) is 5. The van der Waals surface area contributed by atoms with Crippen LogP contribution in [0.4, 0.5) is 15.8 Å². The molecule has 2 aromatic carbocycles. The molecular weight excluding hydrogens is 385 g/mol. The number of halogens is 1. The summed E-state index contributed by atoms with van der Waals surface area (Å²) >= 11 is 0. The van der Waals surface area contributed by atoms with E-state index in [-0.39, 0.29) is 18.0 Å². The third-order valence-electron chi connectivity index (χ3n) is 4.55. The van der Waals surface area contributed by atoms with E-state index >= 15 is 0 Å². The summed E-state index contributed by atoms with van der Waals surface area (Å²) in [4.78, 5) is 29.4. The van der Waals surface area contributed by atoms with Crippen LogP contribution in [-0.4, -0.2) is 15.4 Å². The van der Waals surface area contributed by atoms with Crippen LogP contribution < -0.4 is 10.9 Å². The molecule has 0 saturated heterocycles. The quantitative estimate of drug-likeness (QED) is 0.505. The third kappa shape index (κ3) is 4.05. The molecule has 0 radical (unpaired) electrons. The second-order valence-corrected chi connectivity index (χ2v) is 6.70. The summed E-state index contributed by atoms with van der Waals surface area (Å²) in [5, 5.41) is 3.08. The number of carbonyl (C=O) groups is 1. The summed E-state index contributed by atoms with van der Waals surface area (Å²) in [6.07, 6.45) is 0. The number of rotatable bonds is 5. The maximum Gasteiger partial charge on any atom is 0.340 e. The van der Waals surface area contributed by atoms with Crippen LogP contribution in [0.1, 0.15) is 21.7 Å². The number of anilines is 2. The molecule has 0 aliphatic heterocycles. The Morgan fingerprint density at radius 2 is 1.83 bits per heavy atom. The molecule has 2 aromatic heterocycles. The lowest BCUT2D eigenvalue weighted by Crippen LogP contribution is -2.18. The zero-order chi connectivity index (χ0) is 21.1. The monoisotopic (exact) mass is 403 g/mol. The van der Waals surface area contributed by atoms with Crippen LogP contribution in [0, 0.1) is 12.7 Å². The summed E-state index contributed by atoms with van der Waals surface area (Å²) in [7, 11) is 0. The van der Waals surface area contributed by atoms with E-state index in [1.807, 2.05) is 19.1 Å². The number of hydrogen-bond donors (Lipinski definition) is 1. The Balaban J connectivity index is 1.53. The number of benzene rings is 2. The number of para-hydroxylation sites is 1. The van der Waals surface area contributed by atoms with Crippen LogP contribution in [0.3, 0.4) is 0 Å². The fourth-order valence-electron chi connectivity index (χ4n) is 3.11. The Hall–Kier alpha value is -4.00. The number of aryl methyl sites for hydroxylation is 1. The normalized spacial score (nSPS) is 10.7. The molecule has 0 bridgehead atoms. The van der Waals surface area contributed by atoms with E-state index in [9.17, 15) is 14.0 Å². The van der Waals surface area contributed by atoms with Gasteiger partial charge >= 0.3 is 5.97 Å². The van der Waals surface area contributed by atoms with Crippen molar-refractivity contribution in [3.05, 3.63) is 106 Å². The molecule has 0 fully saturated rings. The predicted octanol–water partition coefficient (Wildman–Crippen LogP) is 4.24. The van der Waals surface area contributed by atoms with Crippen LogP contribution in [0.2, 0.25) is 0 Å². The van der Waals surface area contributed by atoms with Gasteiger partial charge in [0.15, 0.2) is 0 Å². The molecule has 1 N–H and O–H groups in total. The summed E-state index contributed by atoms with van der Waals surface area (Å²) in [5.74, 6) is -0.909. The molecule has 7 heteroatoms. The van der Waals surface area contributed by atoms with Gasteiger partial charge in [-0.15, -0.1) is 0 Å². The molecule has 0 aliphatic rings. The van der Waals surface area contributed by atoms with Crippen molar-refractivity contribution in [1.82, 2.24) is 9.38 Å². The number of aromatic nitrogens is 2. The second kappa shape index (κ2) is 8.16. The Kier molecular flexibility index (Phi) is 5.26. The van der Waals surface area contributed by atoms with E-state index in [0.29, 0.717) is 28.3 Å². The number of nitrogens with zero attached hydrogens (tertiary/aromatic N) is 2. The molecule has 150 valence electrons. The molecule has 6 nitrogen and oxygen atoms in total. The van der Waals surface area contributed by atoms with E-state index in [4.69, 9.17) is 4.74 Å². The van der Waals surface area contributed by atoms with E-state index in [0.717, 1.165) is 5.69 Å². The Labute approximate surface area is 171 Å². The van der Waals surface area contributed by atoms with Crippen molar-refractivity contribution in [1.29, 1.82) is 0 Å². The van der Waals surface area contributed by atoms with Crippen LogP contribution in [0.15, 0.2) is 77.6 Å². The molecule has 0 unspecified atom stereocenters. The SMILES string of the molecule is Cc1cccc2nc(COC(=O)c3ccccc3Nc3ccc(F)cc3)cc(=O)n12. The average molecular weight is 403 g/mol. The fourth-order valence-corrected chi connectivity index (χ4v) is 3.11. The lowest BCUT2D eigenvalue weighted by atomic mass is 10.1. The van der Waals surface area contributed by atoms with Gasteiger partial charge in [0, 0.05) is 17.4 Å². The number of esters is 1. The van der Waals surface area contributed by atoms with Crippen LogP contribution >= 0.6 is 0 Å². The van der Waals surface area contributed by atoms with E-state index < -0.39 is 5.97 Å². The van der Waals surface area contributed by atoms with E-state index in [1.54, 1.807) is 42.5 Å². The van der Waals surface area contributed by atoms with Crippen LogP contribution in [0.5, 0.6) is 0 Å². The molecule has 4 aromatic rings. The third-order valence-corrected chi connectivity index (χ3v) is 4.55. The van der Waals surface area contributed by atoms with Gasteiger partial charge in [0.1, 0.15) is 18.1 Å². The Morgan fingerprint density at radius 3 is 2.63 bits per heavy atom. The minimum absolute atomic E-state index is 0.136. The van der Waals surface area contributed by atoms with Gasteiger partial charge in [-0.1, -0.05) is 18.2 Å². The first-order chi connectivity index (χ1) is 14.5. The van der Waals surface area contributed by atoms with E-state index in [1.165, 1.54) is 22.6 Å². The molecule has 0 amide bonds. The van der Waals surface area contributed by atoms with Gasteiger partial charge in [-0.25, -0.2) is 14.2 Å². The molecule has 0 aliphatic carbocycles. The average Bonchev–Trinajstić information content (AvgIpc) is 2.74. The maximum absolute atomic E-state index is 13.1. The summed E-state index contributed by atoms with van der Waals surface area (Å²) in [6, 6.07) is 19.4. The molecular formula is C23H18FN3O3. The van der Waals surface area contributed by atoms with Crippen LogP contribution in [-0.2, 0) is 11.3 Å². The summed E-state index contributed by atoms with van der Waals surface area (Å²) in [6.45, 7) is 1.68. The smallest absolute Gasteiger partial charge is 0.340 e. The van der Waals surface area contributed by atoms with Crippen molar-refractivity contribution in [3.63, 3.8) is 0 Å². The minimum Gasteiger partial charge on any atom is -0.456 e. The lowest BCUT2D eigenvalue weighted by molar-refractivity contribution is 0.0469. The molecule has 0 saturated carbocycles. The fraction of sp³-hybridized carbons (Fsp3) is 0.0870. The topological polar surface area (TPSA) is 72.7 Å². The zero-order valence-corrected chi connectivity index (χ0v) is 16.1. The van der Waals surface area contributed by atoms with Gasteiger partial charge in [0.25, 0.3) is 5.56 Å². The van der Waals surface area contributed by atoms with Crippen LogP contribution in [0.25, 0.3) is 5.65 Å². The Bertz CT molecular complexity index is 1280. The molecule has 0 spiro atoms. The largest absolute Gasteiger partial charge is 0.456 e. The van der Waals surface area contributed by atoms with Crippen molar-refractivity contribution in [3.8, 4) is 0 Å². The maximum atomic E-state index is 13.1. The second-order valence-electron chi connectivity index (χ2n) is 6.70. The molecule has 2 heterocycles. The zero-order valence-electron chi connectivity index (χ0n) is 16.1. The van der Waals surface area contributed by atoms with Crippen molar-refractivity contribution >= 4 is 23.0 Å². The highest BCUT2D eigenvalue weighted by atomic mass is 19.1. The molecule has 4 rings (SSSR count). The predicted molar refractivity (Wildman–Crippen MR) is 111 cm³/mol. The van der Waals surface area contributed by atoms with Gasteiger partial charge in [-0.05, 0) is 55.5 Å². The van der Waals surface area contributed by atoms with Gasteiger partial charge in [0.2, 0.25) is 0 Å². The first-order valence-electron chi connectivity index (χ1n) is 9.28. The lowest BCUT2D eigenvalue weighted by Gasteiger charge is -2.12. The van der Waals surface area contributed by atoms with E-state index in [2.05, 4.69) is 10.3 Å². The standard InChI is InChI=1S/C23H18FN3O3/c1-15-5-4-8-21-26-18(13-22(28)27(15)21)14-30-23(29)19-6-2-3-7-20(19)25-17-11-9-16(24)10-12-17/h2-13,25H,14H2,1H3. The van der Waals surface area contributed by atoms with Crippen molar-refractivity contribution < 1.29 is 13.9 Å². The summed E-state index contributed by atoms with van der Waals surface area (Å²) < 4.78 is 20.0. The molecule has 30 heavy (non-hydrogen) atoms. The van der Waals surface area contributed by atoms with Gasteiger partial charge < -0.3 is 10.1 Å². The number of carbonyl (C=O) groups excluding carboxylic acids is 1. The molecule has 0 atom stereocenters. The van der Waals surface area contributed by atoms with Gasteiger partial charge in [0.05, 0.1) is 16.9 Å². The van der Waals surface area contributed by atoms with Crippen molar-refractivity contribution in [2.45, 2.75) is 13.5 Å². The first-order valence-corrected chi connectivity index (χ1v) is 9.28. The summed E-state index contributed by atoms with van der Waals surface area (Å²) in [5.41, 5.74) is 2.87. The minimum atomic E-state index is -0.563. The van der Waals surface area contributed by atoms with Gasteiger partial charge in [-0.3, -0.25) is 9.20 Å². The number of pyridine rings is 1. The van der Waals surface area contributed by atoms with Gasteiger partial charge in [-0.2, -0.15) is 0 Å². The number of ether oxygens (including phenoxy) is 1. The highest BCUT2D eigenvalue weighted by molar-refractivity contribution is 5.96. The first kappa shape index (κ1) is 19.3. The van der Waals surface area contributed by atoms with Crippen molar-refractivity contribution in [2.75, 3.05) is 5.32 Å².